The molecule has 162 valence electrons. The lowest BCUT2D eigenvalue weighted by molar-refractivity contribution is -0.137. The first-order chi connectivity index (χ1) is 14.0. The van der Waals surface area contributed by atoms with Gasteiger partial charge in [-0.1, -0.05) is 51.9 Å². The van der Waals surface area contributed by atoms with Crippen molar-refractivity contribution in [3.8, 4) is 5.75 Å². The van der Waals surface area contributed by atoms with E-state index >= 15 is 0 Å². The minimum absolute atomic E-state index is 0.0599. The first-order valence-corrected chi connectivity index (χ1v) is 10.3. The summed E-state index contributed by atoms with van der Waals surface area (Å²) in [7, 11) is 0. The maximum Gasteiger partial charge on any atom is 0.420 e. The van der Waals surface area contributed by atoms with Gasteiger partial charge in [0.15, 0.2) is 11.6 Å². The third-order valence-corrected chi connectivity index (χ3v) is 4.44. The molecule has 1 heterocycles. The highest BCUT2D eigenvalue weighted by atomic mass is 16.5. The number of hydrogen-bond acceptors (Lipinski definition) is 5. The van der Waals surface area contributed by atoms with Crippen LogP contribution in [-0.4, -0.2) is 39.8 Å². The molecule has 0 aliphatic carbocycles. The molecule has 0 aliphatic rings. The number of carboxylic acids is 1. The number of hydrogen-bond donors (Lipinski definition) is 2. The summed E-state index contributed by atoms with van der Waals surface area (Å²) >= 11 is 0. The van der Waals surface area contributed by atoms with Gasteiger partial charge in [-0.25, -0.2) is 9.78 Å². The fraction of sp³-hybridized carbons (Fsp3) is 0.619. The van der Waals surface area contributed by atoms with Gasteiger partial charge in [-0.05, 0) is 25.0 Å². The molecule has 1 aromatic heterocycles. The van der Waals surface area contributed by atoms with Crippen molar-refractivity contribution in [3.05, 3.63) is 18.3 Å². The van der Waals surface area contributed by atoms with E-state index in [4.69, 9.17) is 9.84 Å². The highest BCUT2D eigenvalue weighted by Crippen LogP contribution is 2.27. The van der Waals surface area contributed by atoms with E-state index in [-0.39, 0.29) is 37.4 Å². The molecule has 0 atom stereocenters. The van der Waals surface area contributed by atoms with E-state index in [1.54, 1.807) is 6.07 Å². The maximum absolute atomic E-state index is 12.5. The summed E-state index contributed by atoms with van der Waals surface area (Å²) in [6.07, 6.45) is 8.85. The van der Waals surface area contributed by atoms with Crippen molar-refractivity contribution in [2.45, 2.75) is 77.6 Å². The van der Waals surface area contributed by atoms with Crippen molar-refractivity contribution >= 4 is 23.8 Å². The van der Waals surface area contributed by atoms with Crippen LogP contribution in [0.25, 0.3) is 0 Å². The number of amides is 2. The lowest BCUT2D eigenvalue weighted by Gasteiger charge is -2.19. The Morgan fingerprint density at radius 1 is 0.966 bits per heavy atom. The molecular weight excluding hydrogens is 376 g/mol. The zero-order valence-corrected chi connectivity index (χ0v) is 17.1. The monoisotopic (exact) mass is 408 g/mol. The molecule has 0 saturated carbocycles. The number of nitrogens with zero attached hydrogens (tertiary/aromatic N) is 2. The molecule has 0 aromatic carbocycles. The van der Waals surface area contributed by atoms with Gasteiger partial charge in [0.25, 0.3) is 0 Å². The van der Waals surface area contributed by atoms with Crippen LogP contribution in [0.1, 0.15) is 77.6 Å². The topological polar surface area (TPSA) is 117 Å². The van der Waals surface area contributed by atoms with E-state index in [0.717, 1.165) is 19.3 Å². The van der Waals surface area contributed by atoms with Crippen LogP contribution < -0.4 is 9.64 Å². The van der Waals surface area contributed by atoms with E-state index in [1.165, 1.54) is 37.9 Å². The number of rotatable bonds is 15. The Morgan fingerprint density at radius 3 is 2.24 bits per heavy atom. The van der Waals surface area contributed by atoms with E-state index in [0.29, 0.717) is 11.3 Å². The zero-order chi connectivity index (χ0) is 21.5. The van der Waals surface area contributed by atoms with Crippen LogP contribution in [0.4, 0.5) is 10.6 Å². The number of aliphatic carboxylic acids is 1. The number of carbonyl (C=O) groups excluding carboxylic acids is 1. The van der Waals surface area contributed by atoms with E-state index in [1.807, 2.05) is 0 Å². The minimum atomic E-state index is -1.41. The Morgan fingerprint density at radius 2 is 1.62 bits per heavy atom. The molecule has 8 heteroatoms. The molecule has 1 aromatic rings. The zero-order valence-electron chi connectivity index (χ0n) is 17.1. The summed E-state index contributed by atoms with van der Waals surface area (Å²) in [5.41, 5.74) is 0. The standard InChI is InChI=1S/C21H32N2O6/c1-2-3-4-5-6-7-8-9-13-18(24)23(21(27)28)20-17(12-10-15-22-20)29-16-11-14-19(25)26/h10,12,15H,2-9,11,13-14,16H2,1H3,(H,25,26)(H,27,28). The molecule has 2 amide bonds. The highest BCUT2D eigenvalue weighted by Gasteiger charge is 2.26. The summed E-state index contributed by atoms with van der Waals surface area (Å²) in [6, 6.07) is 3.09. The molecule has 2 N–H and O–H groups in total. The maximum atomic E-state index is 12.5. The first-order valence-electron chi connectivity index (χ1n) is 10.3. The number of unbranched alkanes of at least 4 members (excludes halogenated alkanes) is 7. The molecule has 0 aliphatic heterocycles. The number of carboxylic acid groups (broad SMARTS) is 2. The summed E-state index contributed by atoms with van der Waals surface area (Å²) in [6.45, 7) is 2.26. The lowest BCUT2D eigenvalue weighted by atomic mass is 10.1. The fourth-order valence-electron chi connectivity index (χ4n) is 2.91. The van der Waals surface area contributed by atoms with Crippen molar-refractivity contribution in [3.63, 3.8) is 0 Å². The Bertz CT molecular complexity index is 650. The van der Waals surface area contributed by atoms with Crippen LogP contribution in [0.2, 0.25) is 0 Å². The summed E-state index contributed by atoms with van der Waals surface area (Å²) < 4.78 is 5.48. The van der Waals surface area contributed by atoms with Crippen molar-refractivity contribution < 1.29 is 29.3 Å². The number of ether oxygens (including phenoxy) is 1. The molecule has 1 rings (SSSR count). The third kappa shape index (κ3) is 9.91. The summed E-state index contributed by atoms with van der Waals surface area (Å²) in [5, 5.41) is 18.2. The Balaban J connectivity index is 2.57. The van der Waals surface area contributed by atoms with Crippen LogP contribution in [0.3, 0.4) is 0 Å². The molecule has 0 fully saturated rings. The number of anilines is 1. The normalized spacial score (nSPS) is 10.5. The van der Waals surface area contributed by atoms with Gasteiger partial charge in [0.05, 0.1) is 6.61 Å². The highest BCUT2D eigenvalue weighted by molar-refractivity contribution is 6.11. The quantitative estimate of drug-likeness (QED) is 0.398. The third-order valence-electron chi connectivity index (χ3n) is 4.44. The predicted octanol–water partition coefficient (Wildman–Crippen LogP) is 4.87. The second kappa shape index (κ2) is 14.4. The molecule has 0 bridgehead atoms. The van der Waals surface area contributed by atoms with E-state index < -0.39 is 18.0 Å². The molecule has 0 radical (unpaired) electrons. The molecule has 8 nitrogen and oxygen atoms in total. The van der Waals surface area contributed by atoms with Crippen LogP contribution in [0.15, 0.2) is 18.3 Å². The van der Waals surface area contributed by atoms with Crippen LogP contribution in [0.5, 0.6) is 5.75 Å². The molecule has 29 heavy (non-hydrogen) atoms. The Labute approximate surface area is 171 Å². The van der Waals surface area contributed by atoms with Gasteiger partial charge in [-0.15, -0.1) is 0 Å². The molecule has 0 spiro atoms. The average molecular weight is 408 g/mol. The minimum Gasteiger partial charge on any atom is -0.490 e. The second-order valence-electron chi connectivity index (χ2n) is 6.91. The van der Waals surface area contributed by atoms with Gasteiger partial charge in [-0.2, -0.15) is 4.90 Å². The van der Waals surface area contributed by atoms with Gasteiger partial charge in [0.2, 0.25) is 5.91 Å². The van der Waals surface area contributed by atoms with Crippen LogP contribution in [-0.2, 0) is 9.59 Å². The largest absolute Gasteiger partial charge is 0.490 e. The van der Waals surface area contributed by atoms with Crippen molar-refractivity contribution in [2.24, 2.45) is 0 Å². The van der Waals surface area contributed by atoms with Gasteiger partial charge in [0, 0.05) is 19.0 Å². The van der Waals surface area contributed by atoms with Crippen LogP contribution >= 0.6 is 0 Å². The van der Waals surface area contributed by atoms with Crippen molar-refractivity contribution in [1.82, 2.24) is 4.98 Å². The molecule has 0 saturated heterocycles. The fourth-order valence-corrected chi connectivity index (χ4v) is 2.91. The number of pyridine rings is 1. The second-order valence-corrected chi connectivity index (χ2v) is 6.91. The van der Waals surface area contributed by atoms with Gasteiger partial charge in [-0.3, -0.25) is 9.59 Å². The molecule has 0 unspecified atom stereocenters. The summed E-state index contributed by atoms with van der Waals surface area (Å²) in [4.78, 5) is 39.4. The van der Waals surface area contributed by atoms with Gasteiger partial charge >= 0.3 is 12.1 Å². The molecular formula is C21H32N2O6. The Kier molecular flexibility index (Phi) is 12.1. The number of imide groups is 1. The van der Waals surface area contributed by atoms with Gasteiger partial charge < -0.3 is 14.9 Å². The average Bonchev–Trinajstić information content (AvgIpc) is 2.68. The SMILES string of the molecule is CCCCCCCCCCC(=O)N(C(=O)O)c1ncccc1OCCCC(=O)O. The predicted molar refractivity (Wildman–Crippen MR) is 109 cm³/mol. The van der Waals surface area contributed by atoms with Crippen molar-refractivity contribution in [2.75, 3.05) is 11.5 Å². The van der Waals surface area contributed by atoms with E-state index in [2.05, 4.69) is 11.9 Å². The number of aromatic nitrogens is 1. The lowest BCUT2D eigenvalue weighted by Crippen LogP contribution is -2.36. The number of carbonyl (C=O) groups is 3. The first kappa shape index (κ1) is 24.4. The van der Waals surface area contributed by atoms with E-state index in [9.17, 15) is 19.5 Å². The van der Waals surface area contributed by atoms with Crippen molar-refractivity contribution in [1.29, 1.82) is 0 Å². The van der Waals surface area contributed by atoms with Crippen LogP contribution in [0, 0.1) is 0 Å². The van der Waals surface area contributed by atoms with Gasteiger partial charge in [0.1, 0.15) is 0 Å². The summed E-state index contributed by atoms with van der Waals surface area (Å²) in [5.74, 6) is -1.42. The smallest absolute Gasteiger partial charge is 0.420 e. The Hall–Kier alpha value is -2.64.